The van der Waals surface area contributed by atoms with Crippen molar-refractivity contribution >= 4 is 12.0 Å². The molecule has 122 valence electrons. The SMILES string of the molecule is CC1(C)CCCN(C(=O)N(CC(=O)O)CC(F)(F)F)CC1. The molecule has 1 aliphatic heterocycles. The van der Waals surface area contributed by atoms with Crippen LogP contribution < -0.4 is 0 Å². The van der Waals surface area contributed by atoms with Crippen LogP contribution in [0.5, 0.6) is 0 Å². The summed E-state index contributed by atoms with van der Waals surface area (Å²) >= 11 is 0. The van der Waals surface area contributed by atoms with E-state index in [1.165, 1.54) is 4.90 Å². The molecule has 0 aliphatic carbocycles. The van der Waals surface area contributed by atoms with Crippen LogP contribution in [0, 0.1) is 5.41 Å². The number of carboxylic acid groups (broad SMARTS) is 1. The van der Waals surface area contributed by atoms with E-state index in [1.807, 2.05) is 13.8 Å². The molecule has 1 heterocycles. The third-order valence-electron chi connectivity index (χ3n) is 3.58. The third kappa shape index (κ3) is 6.22. The molecular formula is C13H21F3N2O3. The molecule has 8 heteroatoms. The number of nitrogens with zero attached hydrogens (tertiary/aromatic N) is 2. The number of aliphatic carboxylic acids is 1. The van der Waals surface area contributed by atoms with E-state index < -0.39 is 31.3 Å². The predicted octanol–water partition coefficient (Wildman–Crippen LogP) is 2.57. The first-order valence-electron chi connectivity index (χ1n) is 6.83. The second kappa shape index (κ2) is 6.53. The first-order chi connectivity index (χ1) is 9.50. The molecule has 0 bridgehead atoms. The van der Waals surface area contributed by atoms with Gasteiger partial charge in [0.2, 0.25) is 0 Å². The average molecular weight is 310 g/mol. The lowest BCUT2D eigenvalue weighted by atomic mass is 9.85. The second-order valence-electron chi connectivity index (χ2n) is 6.15. The van der Waals surface area contributed by atoms with Gasteiger partial charge in [-0.15, -0.1) is 0 Å². The third-order valence-corrected chi connectivity index (χ3v) is 3.58. The minimum atomic E-state index is -4.61. The van der Waals surface area contributed by atoms with Crippen LogP contribution in [-0.2, 0) is 4.79 Å². The van der Waals surface area contributed by atoms with E-state index in [-0.39, 0.29) is 5.41 Å². The Bertz CT molecular complexity index is 397. The van der Waals surface area contributed by atoms with Crippen molar-refractivity contribution in [3.8, 4) is 0 Å². The first-order valence-corrected chi connectivity index (χ1v) is 6.83. The highest BCUT2D eigenvalue weighted by molar-refractivity contribution is 5.80. The smallest absolute Gasteiger partial charge is 0.406 e. The first kappa shape index (κ1) is 17.6. The minimum Gasteiger partial charge on any atom is -0.480 e. The van der Waals surface area contributed by atoms with Crippen LogP contribution in [0.1, 0.15) is 33.1 Å². The van der Waals surface area contributed by atoms with Crippen molar-refractivity contribution in [3.05, 3.63) is 0 Å². The van der Waals surface area contributed by atoms with Gasteiger partial charge in [-0.05, 0) is 24.7 Å². The number of rotatable bonds is 3. The monoisotopic (exact) mass is 310 g/mol. The number of hydrogen-bond donors (Lipinski definition) is 1. The molecular weight excluding hydrogens is 289 g/mol. The van der Waals surface area contributed by atoms with Crippen molar-refractivity contribution in [1.29, 1.82) is 0 Å². The number of likely N-dealkylation sites (tertiary alicyclic amines) is 1. The Labute approximate surface area is 121 Å². The predicted molar refractivity (Wildman–Crippen MR) is 69.9 cm³/mol. The summed E-state index contributed by atoms with van der Waals surface area (Å²) in [6.45, 7) is 2.31. The van der Waals surface area contributed by atoms with Gasteiger partial charge in [-0.3, -0.25) is 4.79 Å². The molecule has 0 aromatic rings. The number of hydrogen-bond acceptors (Lipinski definition) is 2. The summed E-state index contributed by atoms with van der Waals surface area (Å²) in [5, 5.41) is 8.69. The van der Waals surface area contributed by atoms with Crippen molar-refractivity contribution in [2.24, 2.45) is 5.41 Å². The Balaban J connectivity index is 2.77. The van der Waals surface area contributed by atoms with Gasteiger partial charge in [0.1, 0.15) is 13.1 Å². The van der Waals surface area contributed by atoms with Crippen LogP contribution in [0.25, 0.3) is 0 Å². The van der Waals surface area contributed by atoms with Crippen LogP contribution in [0.2, 0.25) is 0 Å². The van der Waals surface area contributed by atoms with E-state index >= 15 is 0 Å². The van der Waals surface area contributed by atoms with Gasteiger partial charge in [0.05, 0.1) is 0 Å². The number of halogens is 3. The van der Waals surface area contributed by atoms with Gasteiger partial charge in [0, 0.05) is 13.1 Å². The van der Waals surface area contributed by atoms with Crippen molar-refractivity contribution in [2.75, 3.05) is 26.2 Å². The highest BCUT2D eigenvalue weighted by atomic mass is 19.4. The van der Waals surface area contributed by atoms with Gasteiger partial charge in [0.25, 0.3) is 0 Å². The summed E-state index contributed by atoms with van der Waals surface area (Å²) < 4.78 is 37.4. The number of urea groups is 1. The zero-order valence-electron chi connectivity index (χ0n) is 12.2. The van der Waals surface area contributed by atoms with Crippen molar-refractivity contribution in [3.63, 3.8) is 0 Å². The molecule has 0 aromatic heterocycles. The maximum atomic E-state index is 12.5. The van der Waals surface area contributed by atoms with Crippen LogP contribution in [0.3, 0.4) is 0 Å². The molecule has 1 saturated heterocycles. The number of amides is 2. The van der Waals surface area contributed by atoms with Crippen molar-refractivity contribution in [1.82, 2.24) is 9.80 Å². The Morgan fingerprint density at radius 2 is 1.86 bits per heavy atom. The van der Waals surface area contributed by atoms with E-state index in [1.54, 1.807) is 0 Å². The largest absolute Gasteiger partial charge is 0.480 e. The van der Waals surface area contributed by atoms with E-state index in [9.17, 15) is 22.8 Å². The van der Waals surface area contributed by atoms with Gasteiger partial charge in [0.15, 0.2) is 0 Å². The summed E-state index contributed by atoms with van der Waals surface area (Å²) in [5.41, 5.74) is 0.0384. The maximum Gasteiger partial charge on any atom is 0.406 e. The number of carboxylic acids is 1. The molecule has 0 spiro atoms. The van der Waals surface area contributed by atoms with Crippen LogP contribution in [0.15, 0.2) is 0 Å². The average Bonchev–Trinajstić information content (AvgIpc) is 2.46. The minimum absolute atomic E-state index is 0.0384. The van der Waals surface area contributed by atoms with E-state index in [0.717, 1.165) is 6.42 Å². The van der Waals surface area contributed by atoms with Crippen LogP contribution in [0.4, 0.5) is 18.0 Å². The van der Waals surface area contributed by atoms with Gasteiger partial charge in [-0.2, -0.15) is 13.2 Å². The van der Waals surface area contributed by atoms with E-state index in [2.05, 4.69) is 0 Å². The molecule has 1 rings (SSSR count). The lowest BCUT2D eigenvalue weighted by Crippen LogP contribution is -2.49. The van der Waals surface area contributed by atoms with Crippen LogP contribution in [-0.4, -0.2) is 59.3 Å². The summed E-state index contributed by atoms with van der Waals surface area (Å²) in [7, 11) is 0. The second-order valence-corrected chi connectivity index (χ2v) is 6.15. The van der Waals surface area contributed by atoms with Gasteiger partial charge in [-0.25, -0.2) is 4.79 Å². The molecule has 0 radical (unpaired) electrons. The lowest BCUT2D eigenvalue weighted by molar-refractivity contribution is -0.149. The van der Waals surface area contributed by atoms with E-state index in [4.69, 9.17) is 5.11 Å². The van der Waals surface area contributed by atoms with Crippen molar-refractivity contribution < 1.29 is 27.9 Å². The molecule has 0 aromatic carbocycles. The zero-order valence-corrected chi connectivity index (χ0v) is 12.2. The quantitative estimate of drug-likeness (QED) is 0.871. The van der Waals surface area contributed by atoms with Gasteiger partial charge in [-0.1, -0.05) is 13.8 Å². The summed E-state index contributed by atoms with van der Waals surface area (Å²) in [4.78, 5) is 24.5. The fourth-order valence-corrected chi connectivity index (χ4v) is 2.39. The molecule has 0 unspecified atom stereocenters. The lowest BCUT2D eigenvalue weighted by Gasteiger charge is -2.30. The van der Waals surface area contributed by atoms with Crippen LogP contribution >= 0.6 is 0 Å². The topological polar surface area (TPSA) is 60.9 Å². The Hall–Kier alpha value is -1.47. The highest BCUT2D eigenvalue weighted by Gasteiger charge is 2.36. The summed E-state index contributed by atoms with van der Waals surface area (Å²) in [6.07, 6.45) is -2.34. The molecule has 21 heavy (non-hydrogen) atoms. The molecule has 0 atom stereocenters. The summed E-state index contributed by atoms with van der Waals surface area (Å²) in [6, 6.07) is -0.854. The number of alkyl halides is 3. The Morgan fingerprint density at radius 3 is 2.38 bits per heavy atom. The number of carbonyl (C=O) groups is 2. The van der Waals surface area contributed by atoms with Gasteiger partial charge >= 0.3 is 18.2 Å². The standard InChI is InChI=1S/C13H21F3N2O3/c1-12(2)4-3-6-17(7-5-12)11(21)18(8-10(19)20)9-13(14,15)16/h3-9H2,1-2H3,(H,19,20). The zero-order chi connectivity index (χ0) is 16.3. The fraction of sp³-hybridized carbons (Fsp3) is 0.846. The molecule has 1 fully saturated rings. The fourth-order valence-electron chi connectivity index (χ4n) is 2.39. The Kier molecular flexibility index (Phi) is 5.47. The Morgan fingerprint density at radius 1 is 1.24 bits per heavy atom. The molecule has 1 aliphatic rings. The van der Waals surface area contributed by atoms with Gasteiger partial charge < -0.3 is 14.9 Å². The normalized spacial score (nSPS) is 19.0. The molecule has 0 saturated carbocycles. The summed E-state index contributed by atoms with van der Waals surface area (Å²) in [5.74, 6) is -1.46. The molecule has 1 N–H and O–H groups in total. The van der Waals surface area contributed by atoms with E-state index in [0.29, 0.717) is 30.8 Å². The number of carbonyl (C=O) groups excluding carboxylic acids is 1. The highest BCUT2D eigenvalue weighted by Crippen LogP contribution is 2.30. The molecule has 2 amide bonds. The molecule has 5 nitrogen and oxygen atoms in total. The van der Waals surface area contributed by atoms with Crippen molar-refractivity contribution in [2.45, 2.75) is 39.3 Å². The maximum absolute atomic E-state index is 12.5.